The molecule has 0 radical (unpaired) electrons. The van der Waals surface area contributed by atoms with Gasteiger partial charge >= 0.3 is 0 Å². The first-order chi connectivity index (χ1) is 10.7. The van der Waals surface area contributed by atoms with Gasteiger partial charge in [-0.3, -0.25) is 14.5 Å². The smallest absolute Gasteiger partial charge is 0.247 e. The van der Waals surface area contributed by atoms with Gasteiger partial charge in [-0.15, -0.1) is 5.10 Å². The Balaban J connectivity index is 1.63. The Morgan fingerprint density at radius 3 is 2.77 bits per heavy atom. The lowest BCUT2D eigenvalue weighted by Crippen LogP contribution is -2.19. The van der Waals surface area contributed by atoms with Crippen molar-refractivity contribution in [2.24, 2.45) is 0 Å². The molecule has 0 spiro atoms. The number of anilines is 1. The van der Waals surface area contributed by atoms with Gasteiger partial charge in [0.1, 0.15) is 6.54 Å². The molecule has 1 amide bonds. The van der Waals surface area contributed by atoms with E-state index in [-0.39, 0.29) is 12.5 Å². The Morgan fingerprint density at radius 2 is 2.05 bits per heavy atom. The summed E-state index contributed by atoms with van der Waals surface area (Å²) < 4.78 is 1.58. The van der Waals surface area contributed by atoms with E-state index in [4.69, 9.17) is 0 Å². The Kier molecular flexibility index (Phi) is 3.90. The molecule has 8 heteroatoms. The maximum absolute atomic E-state index is 12.0. The molecular weight excluding hydrogens is 282 g/mol. The van der Waals surface area contributed by atoms with Crippen molar-refractivity contribution in [3.8, 4) is 11.3 Å². The Bertz CT molecular complexity index is 762. The summed E-state index contributed by atoms with van der Waals surface area (Å²) >= 11 is 0. The monoisotopic (exact) mass is 297 g/mol. The van der Waals surface area contributed by atoms with Gasteiger partial charge in [-0.2, -0.15) is 15.0 Å². The number of nitrogens with one attached hydrogen (secondary N) is 1. The molecule has 0 saturated carbocycles. The third-order valence-corrected chi connectivity index (χ3v) is 3.01. The molecule has 112 valence electrons. The number of nitrogens with zero attached hydrogens (tertiary/aromatic N) is 6. The minimum atomic E-state index is -0.201. The average molecular weight is 297 g/mol. The van der Waals surface area contributed by atoms with Crippen LogP contribution in [0.15, 0.2) is 43.0 Å². The van der Waals surface area contributed by atoms with Crippen molar-refractivity contribution in [2.75, 3.05) is 5.32 Å². The Morgan fingerprint density at radius 1 is 1.23 bits per heavy atom. The van der Waals surface area contributed by atoms with E-state index in [0.717, 1.165) is 11.3 Å². The van der Waals surface area contributed by atoms with Crippen molar-refractivity contribution in [1.82, 2.24) is 29.8 Å². The van der Waals surface area contributed by atoms with E-state index in [9.17, 15) is 4.79 Å². The van der Waals surface area contributed by atoms with E-state index in [1.54, 1.807) is 23.3 Å². The van der Waals surface area contributed by atoms with Crippen LogP contribution in [0.2, 0.25) is 0 Å². The van der Waals surface area contributed by atoms with Crippen LogP contribution in [0.3, 0.4) is 0 Å². The van der Waals surface area contributed by atoms with Crippen molar-refractivity contribution in [3.63, 3.8) is 0 Å². The highest BCUT2D eigenvalue weighted by molar-refractivity contribution is 5.89. The van der Waals surface area contributed by atoms with Gasteiger partial charge in [-0.25, -0.2) is 0 Å². The predicted molar refractivity (Wildman–Crippen MR) is 79.8 cm³/mol. The number of amides is 1. The summed E-state index contributed by atoms with van der Waals surface area (Å²) in [6, 6.07) is 5.60. The first kappa shape index (κ1) is 13.9. The van der Waals surface area contributed by atoms with Gasteiger partial charge in [0.15, 0.2) is 5.82 Å². The fourth-order valence-corrected chi connectivity index (χ4v) is 1.96. The number of hydrogen-bond donors (Lipinski definition) is 1. The van der Waals surface area contributed by atoms with Crippen LogP contribution >= 0.6 is 0 Å². The zero-order valence-corrected chi connectivity index (χ0v) is 12.0. The first-order valence-electron chi connectivity index (χ1n) is 6.88. The minimum absolute atomic E-state index is 0.115. The van der Waals surface area contributed by atoms with Crippen LogP contribution in [0.4, 0.5) is 5.82 Å². The maximum atomic E-state index is 12.0. The largest absolute Gasteiger partial charge is 0.306 e. The average Bonchev–Trinajstić information content (AvgIpc) is 3.17. The Hall–Kier alpha value is -3.03. The lowest BCUT2D eigenvalue weighted by molar-refractivity contribution is -0.116. The second-order valence-electron chi connectivity index (χ2n) is 4.60. The molecule has 3 aromatic rings. The van der Waals surface area contributed by atoms with Gasteiger partial charge < -0.3 is 5.32 Å². The van der Waals surface area contributed by atoms with Crippen LogP contribution in [0, 0.1) is 0 Å². The SMILES string of the molecule is CCn1ncc(NC(=O)Cn2ccc(-c3ccncc3)n2)n1. The van der Waals surface area contributed by atoms with E-state index in [1.165, 1.54) is 11.0 Å². The topological polar surface area (TPSA) is 90.5 Å². The number of carbonyl (C=O) groups excluding carboxylic acids is 1. The molecule has 0 aromatic carbocycles. The molecular formula is C14H15N7O. The zero-order chi connectivity index (χ0) is 15.4. The molecule has 0 aliphatic heterocycles. The van der Waals surface area contributed by atoms with Gasteiger partial charge in [-0.1, -0.05) is 0 Å². The lowest BCUT2D eigenvalue weighted by Gasteiger charge is -2.02. The van der Waals surface area contributed by atoms with E-state index >= 15 is 0 Å². The molecule has 1 N–H and O–H groups in total. The highest BCUT2D eigenvalue weighted by Crippen LogP contribution is 2.14. The van der Waals surface area contributed by atoms with Crippen molar-refractivity contribution in [3.05, 3.63) is 43.0 Å². The summed E-state index contributed by atoms with van der Waals surface area (Å²) in [5.74, 6) is 0.237. The van der Waals surface area contributed by atoms with E-state index in [2.05, 4.69) is 25.6 Å². The van der Waals surface area contributed by atoms with Crippen LogP contribution in [-0.2, 0) is 17.9 Å². The Labute approximate surface area is 126 Å². The molecule has 3 rings (SSSR count). The molecule has 8 nitrogen and oxygen atoms in total. The zero-order valence-electron chi connectivity index (χ0n) is 12.0. The van der Waals surface area contributed by atoms with Crippen LogP contribution in [0.5, 0.6) is 0 Å². The third-order valence-electron chi connectivity index (χ3n) is 3.01. The normalized spacial score (nSPS) is 10.6. The molecule has 22 heavy (non-hydrogen) atoms. The standard InChI is InChI=1S/C14H15N7O/c1-2-21-16-9-13(19-21)17-14(22)10-20-8-5-12(18-20)11-3-6-15-7-4-11/h3-9H,2,10H2,1H3,(H,17,19,22). The summed E-state index contributed by atoms with van der Waals surface area (Å²) in [7, 11) is 0. The first-order valence-corrected chi connectivity index (χ1v) is 6.88. The quantitative estimate of drug-likeness (QED) is 0.764. The number of pyridine rings is 1. The molecule has 0 saturated heterocycles. The third kappa shape index (κ3) is 3.17. The number of aromatic nitrogens is 6. The van der Waals surface area contributed by atoms with Gasteiger partial charge in [0.25, 0.3) is 0 Å². The van der Waals surface area contributed by atoms with Crippen molar-refractivity contribution in [2.45, 2.75) is 20.0 Å². The van der Waals surface area contributed by atoms with E-state index in [0.29, 0.717) is 12.4 Å². The number of aryl methyl sites for hydroxylation is 1. The van der Waals surface area contributed by atoms with Gasteiger partial charge in [0.05, 0.1) is 18.4 Å². The number of rotatable bonds is 5. The molecule has 0 bridgehead atoms. The van der Waals surface area contributed by atoms with E-state index < -0.39 is 0 Å². The highest BCUT2D eigenvalue weighted by atomic mass is 16.2. The number of carbonyl (C=O) groups is 1. The van der Waals surface area contributed by atoms with Crippen LogP contribution in [-0.4, -0.2) is 35.7 Å². The van der Waals surface area contributed by atoms with Crippen LogP contribution in [0.25, 0.3) is 11.3 Å². The summed E-state index contributed by atoms with van der Waals surface area (Å²) in [6.45, 7) is 2.70. The summed E-state index contributed by atoms with van der Waals surface area (Å²) in [5.41, 5.74) is 1.76. The molecule has 3 heterocycles. The fourth-order valence-electron chi connectivity index (χ4n) is 1.96. The van der Waals surface area contributed by atoms with Crippen LogP contribution < -0.4 is 5.32 Å². The van der Waals surface area contributed by atoms with Crippen molar-refractivity contribution >= 4 is 11.7 Å². The maximum Gasteiger partial charge on any atom is 0.247 e. The van der Waals surface area contributed by atoms with Crippen molar-refractivity contribution in [1.29, 1.82) is 0 Å². The highest BCUT2D eigenvalue weighted by Gasteiger charge is 2.08. The van der Waals surface area contributed by atoms with Gasteiger partial charge in [-0.05, 0) is 25.1 Å². The second-order valence-corrected chi connectivity index (χ2v) is 4.60. The molecule has 0 unspecified atom stereocenters. The predicted octanol–water partition coefficient (Wildman–Crippen LogP) is 1.20. The van der Waals surface area contributed by atoms with Crippen molar-refractivity contribution < 1.29 is 4.79 Å². The minimum Gasteiger partial charge on any atom is -0.306 e. The second kappa shape index (κ2) is 6.17. The summed E-state index contributed by atoms with van der Waals surface area (Å²) in [4.78, 5) is 17.4. The molecule has 0 atom stereocenters. The molecule has 0 aliphatic rings. The number of hydrogen-bond acceptors (Lipinski definition) is 5. The molecule has 3 aromatic heterocycles. The van der Waals surface area contributed by atoms with Gasteiger partial charge in [0, 0.05) is 24.2 Å². The van der Waals surface area contributed by atoms with E-state index in [1.807, 2.05) is 25.1 Å². The summed E-state index contributed by atoms with van der Waals surface area (Å²) in [5, 5.41) is 15.2. The van der Waals surface area contributed by atoms with Gasteiger partial charge in [0.2, 0.25) is 5.91 Å². The molecule has 0 fully saturated rings. The lowest BCUT2D eigenvalue weighted by atomic mass is 10.2. The van der Waals surface area contributed by atoms with Crippen LogP contribution in [0.1, 0.15) is 6.92 Å². The fraction of sp³-hybridized carbons (Fsp3) is 0.214. The summed E-state index contributed by atoms with van der Waals surface area (Å²) in [6.07, 6.45) is 6.70. The molecule has 0 aliphatic carbocycles.